The second-order valence-electron chi connectivity index (χ2n) is 5.66. The molecule has 0 bridgehead atoms. The van der Waals surface area contributed by atoms with Crippen molar-refractivity contribution >= 4 is 0 Å². The summed E-state index contributed by atoms with van der Waals surface area (Å²) in [5.74, 6) is 0. The zero-order valence-corrected chi connectivity index (χ0v) is 10.7. The maximum Gasteiger partial charge on any atom is 0.0108 e. The Balaban J connectivity index is 1.74. The first-order valence-electron chi connectivity index (χ1n) is 7.26. The van der Waals surface area contributed by atoms with Crippen LogP contribution >= 0.6 is 0 Å². The van der Waals surface area contributed by atoms with Crippen molar-refractivity contribution in [3.63, 3.8) is 0 Å². The molecule has 0 amide bonds. The molecule has 0 spiro atoms. The summed E-state index contributed by atoms with van der Waals surface area (Å²) >= 11 is 0. The van der Waals surface area contributed by atoms with Crippen LogP contribution in [0.15, 0.2) is 18.2 Å². The number of benzene rings is 1. The Hall–Kier alpha value is -0.820. The molecule has 1 unspecified atom stereocenters. The number of hydrogen-bond acceptors (Lipinski definition) is 1. The molecule has 17 heavy (non-hydrogen) atoms. The molecule has 1 heteroatoms. The minimum Gasteiger partial charge on any atom is -0.314 e. The summed E-state index contributed by atoms with van der Waals surface area (Å²) in [4.78, 5) is 0. The van der Waals surface area contributed by atoms with Gasteiger partial charge in [-0.3, -0.25) is 0 Å². The van der Waals surface area contributed by atoms with Gasteiger partial charge >= 0.3 is 0 Å². The van der Waals surface area contributed by atoms with E-state index in [0.717, 1.165) is 6.04 Å². The SMILES string of the molecule is c1cc2c(cc1CC1CCCN1)CCCCC2. The van der Waals surface area contributed by atoms with E-state index in [2.05, 4.69) is 23.5 Å². The highest BCUT2D eigenvalue weighted by atomic mass is 14.9. The maximum atomic E-state index is 3.60. The fraction of sp³-hybridized carbons (Fsp3) is 0.625. The fourth-order valence-corrected chi connectivity index (χ4v) is 3.31. The molecule has 1 N–H and O–H groups in total. The molecule has 1 aliphatic heterocycles. The Morgan fingerprint density at radius 2 is 1.88 bits per heavy atom. The summed E-state index contributed by atoms with van der Waals surface area (Å²) in [5.41, 5.74) is 4.80. The lowest BCUT2D eigenvalue weighted by molar-refractivity contribution is 0.602. The van der Waals surface area contributed by atoms with E-state index < -0.39 is 0 Å². The molecule has 0 radical (unpaired) electrons. The molecule has 1 saturated heterocycles. The Kier molecular flexibility index (Phi) is 3.46. The van der Waals surface area contributed by atoms with Crippen molar-refractivity contribution in [3.8, 4) is 0 Å². The molecule has 1 atom stereocenters. The lowest BCUT2D eigenvalue weighted by Crippen LogP contribution is -2.23. The monoisotopic (exact) mass is 229 g/mol. The van der Waals surface area contributed by atoms with Crippen LogP contribution < -0.4 is 5.32 Å². The molecular formula is C16H23N. The number of hydrogen-bond donors (Lipinski definition) is 1. The van der Waals surface area contributed by atoms with E-state index in [1.165, 1.54) is 57.9 Å². The standard InChI is InChI=1S/C16H23N/c1-2-5-14-9-8-13(11-15(14)6-3-1)12-16-7-4-10-17-16/h8-9,11,16-17H,1-7,10,12H2. The van der Waals surface area contributed by atoms with Crippen LogP contribution in [0.1, 0.15) is 48.8 Å². The van der Waals surface area contributed by atoms with Crippen molar-refractivity contribution in [1.29, 1.82) is 0 Å². The van der Waals surface area contributed by atoms with Gasteiger partial charge in [0.15, 0.2) is 0 Å². The number of nitrogens with one attached hydrogen (secondary N) is 1. The highest BCUT2D eigenvalue weighted by molar-refractivity contribution is 5.33. The molecular weight excluding hydrogens is 206 g/mol. The first-order valence-corrected chi connectivity index (χ1v) is 7.26. The summed E-state index contributed by atoms with van der Waals surface area (Å²) in [7, 11) is 0. The Morgan fingerprint density at radius 1 is 1.00 bits per heavy atom. The molecule has 92 valence electrons. The van der Waals surface area contributed by atoms with Gasteiger partial charge in [0.05, 0.1) is 0 Å². The first-order chi connectivity index (χ1) is 8.42. The lowest BCUT2D eigenvalue weighted by atomic mass is 9.96. The van der Waals surface area contributed by atoms with Gasteiger partial charge in [0, 0.05) is 6.04 Å². The van der Waals surface area contributed by atoms with Crippen molar-refractivity contribution < 1.29 is 0 Å². The average Bonchev–Trinajstić information content (AvgIpc) is 2.73. The fourth-order valence-electron chi connectivity index (χ4n) is 3.31. The van der Waals surface area contributed by atoms with Crippen molar-refractivity contribution in [3.05, 3.63) is 34.9 Å². The molecule has 2 aliphatic rings. The molecule has 3 rings (SSSR count). The smallest absolute Gasteiger partial charge is 0.0108 e. The van der Waals surface area contributed by atoms with Gasteiger partial charge in [-0.05, 0) is 68.2 Å². The minimum absolute atomic E-state index is 0.735. The first kappa shape index (κ1) is 11.3. The van der Waals surface area contributed by atoms with Gasteiger partial charge < -0.3 is 5.32 Å². The van der Waals surface area contributed by atoms with Crippen LogP contribution in [-0.2, 0) is 19.3 Å². The third-order valence-corrected chi connectivity index (χ3v) is 4.31. The van der Waals surface area contributed by atoms with E-state index in [0.29, 0.717) is 0 Å². The molecule has 1 fully saturated rings. The summed E-state index contributed by atoms with van der Waals surface area (Å²) in [6.07, 6.45) is 10.7. The van der Waals surface area contributed by atoms with E-state index in [4.69, 9.17) is 0 Å². The van der Waals surface area contributed by atoms with Crippen LogP contribution in [-0.4, -0.2) is 12.6 Å². The summed E-state index contributed by atoms with van der Waals surface area (Å²) < 4.78 is 0. The number of fused-ring (bicyclic) bond motifs is 1. The van der Waals surface area contributed by atoms with Crippen molar-refractivity contribution in [2.45, 2.75) is 57.4 Å². The summed E-state index contributed by atoms with van der Waals surface area (Å²) in [6.45, 7) is 1.22. The van der Waals surface area contributed by atoms with Crippen LogP contribution in [0.4, 0.5) is 0 Å². The average molecular weight is 229 g/mol. The van der Waals surface area contributed by atoms with Crippen LogP contribution in [0.25, 0.3) is 0 Å². The topological polar surface area (TPSA) is 12.0 Å². The zero-order chi connectivity index (χ0) is 11.5. The summed E-state index contributed by atoms with van der Waals surface area (Å²) in [6, 6.07) is 7.98. The Bertz CT molecular complexity index is 377. The third-order valence-electron chi connectivity index (χ3n) is 4.31. The second kappa shape index (κ2) is 5.22. The molecule has 1 aromatic carbocycles. The zero-order valence-electron chi connectivity index (χ0n) is 10.7. The molecule has 0 saturated carbocycles. The highest BCUT2D eigenvalue weighted by Crippen LogP contribution is 2.23. The van der Waals surface area contributed by atoms with Gasteiger partial charge in [-0.2, -0.15) is 0 Å². The molecule has 1 heterocycles. The molecule has 0 aromatic heterocycles. The molecule has 1 aliphatic carbocycles. The van der Waals surface area contributed by atoms with Crippen LogP contribution in [0, 0.1) is 0 Å². The largest absolute Gasteiger partial charge is 0.314 e. The highest BCUT2D eigenvalue weighted by Gasteiger charge is 2.15. The van der Waals surface area contributed by atoms with Gasteiger partial charge in [-0.1, -0.05) is 24.6 Å². The Labute approximate surface area is 105 Å². The maximum absolute atomic E-state index is 3.60. The van der Waals surface area contributed by atoms with E-state index in [-0.39, 0.29) is 0 Å². The van der Waals surface area contributed by atoms with Gasteiger partial charge in [0.25, 0.3) is 0 Å². The second-order valence-corrected chi connectivity index (χ2v) is 5.66. The predicted molar refractivity (Wildman–Crippen MR) is 72.4 cm³/mol. The predicted octanol–water partition coefficient (Wildman–Crippen LogP) is 3.25. The van der Waals surface area contributed by atoms with Crippen molar-refractivity contribution in [2.24, 2.45) is 0 Å². The van der Waals surface area contributed by atoms with Gasteiger partial charge in [-0.15, -0.1) is 0 Å². The molecule has 1 aromatic rings. The quantitative estimate of drug-likeness (QED) is 0.768. The Morgan fingerprint density at radius 3 is 2.71 bits per heavy atom. The number of rotatable bonds is 2. The van der Waals surface area contributed by atoms with Gasteiger partial charge in [0.1, 0.15) is 0 Å². The summed E-state index contributed by atoms with van der Waals surface area (Å²) in [5, 5.41) is 3.60. The van der Waals surface area contributed by atoms with E-state index in [9.17, 15) is 0 Å². The normalized spacial score (nSPS) is 24.4. The minimum atomic E-state index is 0.735. The van der Waals surface area contributed by atoms with Crippen molar-refractivity contribution in [2.75, 3.05) is 6.54 Å². The van der Waals surface area contributed by atoms with E-state index in [1.54, 1.807) is 16.7 Å². The van der Waals surface area contributed by atoms with Crippen LogP contribution in [0.5, 0.6) is 0 Å². The number of aryl methyl sites for hydroxylation is 2. The third kappa shape index (κ3) is 2.71. The van der Waals surface area contributed by atoms with Crippen LogP contribution in [0.2, 0.25) is 0 Å². The lowest BCUT2D eigenvalue weighted by Gasteiger charge is -2.13. The van der Waals surface area contributed by atoms with E-state index in [1.807, 2.05) is 0 Å². The van der Waals surface area contributed by atoms with E-state index >= 15 is 0 Å². The van der Waals surface area contributed by atoms with Gasteiger partial charge in [-0.25, -0.2) is 0 Å². The van der Waals surface area contributed by atoms with Gasteiger partial charge in [0.2, 0.25) is 0 Å². The van der Waals surface area contributed by atoms with Crippen molar-refractivity contribution in [1.82, 2.24) is 5.32 Å². The van der Waals surface area contributed by atoms with Crippen LogP contribution in [0.3, 0.4) is 0 Å². The molecule has 1 nitrogen and oxygen atoms in total.